The molecule has 0 N–H and O–H groups in total. The highest BCUT2D eigenvalue weighted by molar-refractivity contribution is 6.33. The Morgan fingerprint density at radius 1 is 1.22 bits per heavy atom. The average molecular weight is 133 g/mol. The zero-order valence-corrected chi connectivity index (χ0v) is 6.73. The van der Waals surface area contributed by atoms with Crippen molar-refractivity contribution in [3.8, 4) is 0 Å². The Kier molecular flexibility index (Phi) is 1.72. The van der Waals surface area contributed by atoms with Crippen molar-refractivity contribution in [1.82, 2.24) is 0 Å². The van der Waals surface area contributed by atoms with Gasteiger partial charge in [0.05, 0.1) is 10.2 Å². The zero-order chi connectivity index (χ0) is 6.85. The molecule has 0 amide bonds. The minimum Gasteiger partial charge on any atom is -0.0642 e. The van der Waals surface area contributed by atoms with E-state index >= 15 is 0 Å². The second-order valence-corrected chi connectivity index (χ2v) is 2.79. The van der Waals surface area contributed by atoms with Gasteiger partial charge in [-0.3, -0.25) is 0 Å². The molecule has 0 heterocycles. The first-order valence-electron chi connectivity index (χ1n) is 2.99. The quantitative estimate of drug-likeness (QED) is 0.465. The molecule has 3 radical (unpaired) electrons. The van der Waals surface area contributed by atoms with E-state index in [1.54, 1.807) is 0 Å². The van der Waals surface area contributed by atoms with Crippen LogP contribution in [0.2, 0.25) is 0 Å². The van der Waals surface area contributed by atoms with Crippen molar-refractivity contribution in [2.75, 3.05) is 0 Å². The number of rotatable bonds is 0. The molecule has 0 atom stereocenters. The van der Waals surface area contributed by atoms with Crippen LogP contribution in [0.1, 0.15) is 11.1 Å². The van der Waals surface area contributed by atoms with Crippen LogP contribution >= 0.6 is 0 Å². The Balaban J connectivity index is 3.25. The Labute approximate surface area is 59.3 Å². The van der Waals surface area contributed by atoms with Crippen LogP contribution in [0.5, 0.6) is 0 Å². The maximum absolute atomic E-state index is 3.49. The van der Waals surface area contributed by atoms with Gasteiger partial charge in [-0.25, -0.2) is 0 Å². The van der Waals surface area contributed by atoms with E-state index in [0.717, 1.165) is 0 Å². The highest BCUT2D eigenvalue weighted by atomic mass is 28.1. The largest absolute Gasteiger partial charge is 0.0715 e. The van der Waals surface area contributed by atoms with E-state index in [2.05, 4.69) is 36.2 Å². The van der Waals surface area contributed by atoms with Crippen molar-refractivity contribution in [3.05, 3.63) is 29.3 Å². The summed E-state index contributed by atoms with van der Waals surface area (Å²) in [6, 6.07) is 6.21. The van der Waals surface area contributed by atoms with Gasteiger partial charge in [-0.15, -0.1) is 0 Å². The van der Waals surface area contributed by atoms with Crippen molar-refractivity contribution >= 4 is 15.4 Å². The van der Waals surface area contributed by atoms with E-state index in [4.69, 9.17) is 0 Å². The summed E-state index contributed by atoms with van der Waals surface area (Å²) in [6.45, 7) is 4.22. The van der Waals surface area contributed by atoms with Crippen LogP contribution in [0.4, 0.5) is 0 Å². The van der Waals surface area contributed by atoms with Gasteiger partial charge in [0, 0.05) is 0 Å². The SMILES string of the molecule is Cc1cccc([Si])c1C. The lowest BCUT2D eigenvalue weighted by Gasteiger charge is -2.00. The van der Waals surface area contributed by atoms with Gasteiger partial charge in [-0.05, 0) is 25.0 Å². The van der Waals surface area contributed by atoms with E-state index in [1.807, 2.05) is 6.07 Å². The normalized spacial score (nSPS) is 9.67. The molecule has 1 aromatic rings. The molecule has 0 aliphatic heterocycles. The van der Waals surface area contributed by atoms with E-state index in [1.165, 1.54) is 16.3 Å². The monoisotopic (exact) mass is 133 g/mol. The maximum atomic E-state index is 3.49. The molecule has 0 saturated carbocycles. The van der Waals surface area contributed by atoms with Gasteiger partial charge < -0.3 is 0 Å². The first-order valence-corrected chi connectivity index (χ1v) is 3.49. The lowest BCUT2D eigenvalue weighted by molar-refractivity contribution is 1.37. The second kappa shape index (κ2) is 2.36. The molecule has 0 aliphatic carbocycles. The van der Waals surface area contributed by atoms with E-state index in [9.17, 15) is 0 Å². The molecular formula is C8H9Si. The lowest BCUT2D eigenvalue weighted by atomic mass is 10.1. The van der Waals surface area contributed by atoms with Crippen molar-refractivity contribution in [3.63, 3.8) is 0 Å². The van der Waals surface area contributed by atoms with Gasteiger partial charge in [0.25, 0.3) is 0 Å². The Hall–Kier alpha value is -0.563. The third-order valence-corrected chi connectivity index (χ3v) is 2.15. The summed E-state index contributed by atoms with van der Waals surface area (Å²) in [5, 5.41) is 1.19. The predicted octanol–water partition coefficient (Wildman–Crippen LogP) is 1.10. The van der Waals surface area contributed by atoms with Crippen LogP contribution in [0.3, 0.4) is 0 Å². The third-order valence-electron chi connectivity index (χ3n) is 1.60. The summed E-state index contributed by atoms with van der Waals surface area (Å²) in [4.78, 5) is 0. The van der Waals surface area contributed by atoms with Crippen molar-refractivity contribution < 1.29 is 0 Å². The van der Waals surface area contributed by atoms with E-state index in [0.29, 0.717) is 0 Å². The molecule has 1 aromatic carbocycles. The minimum absolute atomic E-state index is 1.19. The van der Waals surface area contributed by atoms with Crippen LogP contribution in [0.25, 0.3) is 0 Å². The summed E-state index contributed by atoms with van der Waals surface area (Å²) in [5.41, 5.74) is 2.66. The lowest BCUT2D eigenvalue weighted by Crippen LogP contribution is -2.07. The fourth-order valence-corrected chi connectivity index (χ4v) is 1.04. The summed E-state index contributed by atoms with van der Waals surface area (Å²) in [5.74, 6) is 0. The second-order valence-electron chi connectivity index (χ2n) is 2.25. The zero-order valence-electron chi connectivity index (χ0n) is 5.73. The van der Waals surface area contributed by atoms with E-state index in [-0.39, 0.29) is 0 Å². The molecule has 0 spiro atoms. The van der Waals surface area contributed by atoms with Gasteiger partial charge in [0.15, 0.2) is 0 Å². The van der Waals surface area contributed by atoms with Gasteiger partial charge in [0.2, 0.25) is 0 Å². The van der Waals surface area contributed by atoms with Crippen molar-refractivity contribution in [1.29, 1.82) is 0 Å². The Morgan fingerprint density at radius 3 is 2.33 bits per heavy atom. The van der Waals surface area contributed by atoms with Crippen LogP contribution in [0, 0.1) is 13.8 Å². The molecule has 0 saturated heterocycles. The molecular weight excluding hydrogens is 124 g/mol. The van der Waals surface area contributed by atoms with Crippen molar-refractivity contribution in [2.24, 2.45) is 0 Å². The van der Waals surface area contributed by atoms with Gasteiger partial charge >= 0.3 is 0 Å². The standard InChI is InChI=1S/C8H9Si/c1-6-4-3-5-8(9)7(6)2/h3-5H,1-2H3. The molecule has 0 aliphatic rings. The smallest absolute Gasteiger partial charge is 0.0642 e. The first-order chi connectivity index (χ1) is 4.22. The average Bonchev–Trinajstić information content (AvgIpc) is 1.83. The van der Waals surface area contributed by atoms with Gasteiger partial charge in [0.1, 0.15) is 0 Å². The molecule has 0 nitrogen and oxygen atoms in total. The number of hydrogen-bond donors (Lipinski definition) is 0. The number of hydrogen-bond acceptors (Lipinski definition) is 0. The van der Waals surface area contributed by atoms with Crippen LogP contribution in [0.15, 0.2) is 18.2 Å². The number of benzene rings is 1. The predicted molar refractivity (Wildman–Crippen MR) is 41.3 cm³/mol. The number of aryl methyl sites for hydroxylation is 1. The molecule has 0 unspecified atom stereocenters. The molecule has 0 aromatic heterocycles. The van der Waals surface area contributed by atoms with Crippen LogP contribution < -0.4 is 5.19 Å². The highest BCUT2D eigenvalue weighted by Gasteiger charge is 1.91. The van der Waals surface area contributed by atoms with Gasteiger partial charge in [-0.1, -0.05) is 23.4 Å². The fourth-order valence-electron chi connectivity index (χ4n) is 0.751. The Bertz CT molecular complexity index is 196. The molecule has 1 rings (SSSR count). The highest BCUT2D eigenvalue weighted by Crippen LogP contribution is 1.99. The molecule has 1 heteroatoms. The molecule has 0 fully saturated rings. The molecule has 0 bridgehead atoms. The van der Waals surface area contributed by atoms with Crippen molar-refractivity contribution in [2.45, 2.75) is 13.8 Å². The summed E-state index contributed by atoms with van der Waals surface area (Å²) in [7, 11) is 3.49. The first kappa shape index (κ1) is 6.56. The minimum atomic E-state index is 1.19. The third kappa shape index (κ3) is 1.22. The molecule has 9 heavy (non-hydrogen) atoms. The maximum Gasteiger partial charge on any atom is 0.0715 e. The van der Waals surface area contributed by atoms with Crippen LogP contribution in [-0.4, -0.2) is 10.2 Å². The van der Waals surface area contributed by atoms with Crippen LogP contribution in [-0.2, 0) is 0 Å². The van der Waals surface area contributed by atoms with E-state index < -0.39 is 0 Å². The summed E-state index contributed by atoms with van der Waals surface area (Å²) in [6.07, 6.45) is 0. The summed E-state index contributed by atoms with van der Waals surface area (Å²) >= 11 is 0. The molecule has 45 valence electrons. The summed E-state index contributed by atoms with van der Waals surface area (Å²) < 4.78 is 0. The van der Waals surface area contributed by atoms with Gasteiger partial charge in [-0.2, -0.15) is 0 Å². The fraction of sp³-hybridized carbons (Fsp3) is 0.250. The Morgan fingerprint density at radius 2 is 1.89 bits per heavy atom. The topological polar surface area (TPSA) is 0 Å².